The van der Waals surface area contributed by atoms with Gasteiger partial charge in [-0.1, -0.05) is 27.6 Å². The van der Waals surface area contributed by atoms with Crippen molar-refractivity contribution in [1.29, 1.82) is 0 Å². The Morgan fingerprint density at radius 3 is 2.63 bits per heavy atom. The quantitative estimate of drug-likeness (QED) is 0.375. The normalized spacial score (nSPS) is 30.3. The highest BCUT2D eigenvalue weighted by Gasteiger charge is 2.53. The SMILES string of the molecule is CC1=CC(=O)C2=C(CC3C(=CCC4C(=O)NC(=O)C43)C2c2cc(Br)ccc2O)C1=O. The highest BCUT2D eigenvalue weighted by Crippen LogP contribution is 2.55. The number of hydrogen-bond donors (Lipinski definition) is 2. The highest BCUT2D eigenvalue weighted by molar-refractivity contribution is 9.10. The number of amides is 2. The van der Waals surface area contributed by atoms with Crippen LogP contribution in [0.5, 0.6) is 5.75 Å². The van der Waals surface area contributed by atoms with Gasteiger partial charge < -0.3 is 5.11 Å². The van der Waals surface area contributed by atoms with E-state index in [-0.39, 0.29) is 41.5 Å². The second-order valence-corrected chi connectivity index (χ2v) is 9.20. The van der Waals surface area contributed by atoms with E-state index in [9.17, 15) is 24.3 Å². The molecule has 2 N–H and O–H groups in total. The first kappa shape index (κ1) is 19.2. The number of carbonyl (C=O) groups excluding carboxylic acids is 4. The molecule has 0 aromatic heterocycles. The van der Waals surface area contributed by atoms with Crippen LogP contribution in [0.25, 0.3) is 0 Å². The Morgan fingerprint density at radius 2 is 1.87 bits per heavy atom. The molecule has 1 saturated heterocycles. The molecule has 5 rings (SSSR count). The van der Waals surface area contributed by atoms with Gasteiger partial charge in [-0.05, 0) is 50.0 Å². The molecule has 1 aromatic rings. The number of aromatic hydroxyl groups is 1. The number of phenolic OH excluding ortho intramolecular Hbond substituents is 1. The minimum atomic E-state index is -0.637. The third kappa shape index (κ3) is 2.61. The van der Waals surface area contributed by atoms with Crippen molar-refractivity contribution in [1.82, 2.24) is 5.32 Å². The van der Waals surface area contributed by atoms with Crippen molar-refractivity contribution in [2.24, 2.45) is 17.8 Å². The average Bonchev–Trinajstić information content (AvgIpc) is 3.00. The molecule has 7 heteroatoms. The van der Waals surface area contributed by atoms with Gasteiger partial charge in [0.1, 0.15) is 5.75 Å². The van der Waals surface area contributed by atoms with Crippen LogP contribution < -0.4 is 5.32 Å². The van der Waals surface area contributed by atoms with E-state index in [0.29, 0.717) is 28.7 Å². The number of ketones is 2. The summed E-state index contributed by atoms with van der Waals surface area (Å²) in [5.41, 5.74) is 2.44. The molecule has 0 spiro atoms. The van der Waals surface area contributed by atoms with Crippen molar-refractivity contribution in [3.63, 3.8) is 0 Å². The molecule has 30 heavy (non-hydrogen) atoms. The molecule has 1 fully saturated rings. The van der Waals surface area contributed by atoms with E-state index < -0.39 is 17.8 Å². The molecule has 6 nitrogen and oxygen atoms in total. The molecular formula is C23H18BrNO5. The van der Waals surface area contributed by atoms with Gasteiger partial charge in [0.15, 0.2) is 11.6 Å². The summed E-state index contributed by atoms with van der Waals surface area (Å²) >= 11 is 3.42. The first-order valence-corrected chi connectivity index (χ1v) is 10.6. The zero-order valence-corrected chi connectivity index (χ0v) is 17.7. The van der Waals surface area contributed by atoms with Crippen LogP contribution in [0, 0.1) is 17.8 Å². The fourth-order valence-corrected chi connectivity index (χ4v) is 5.78. The molecule has 4 aliphatic rings. The van der Waals surface area contributed by atoms with E-state index in [1.807, 2.05) is 6.08 Å². The number of imide groups is 1. The zero-order valence-electron chi connectivity index (χ0n) is 16.1. The van der Waals surface area contributed by atoms with Gasteiger partial charge in [-0.25, -0.2) is 0 Å². The lowest BCUT2D eigenvalue weighted by atomic mass is 9.59. The predicted octanol–water partition coefficient (Wildman–Crippen LogP) is 2.87. The Kier molecular flexibility index (Phi) is 4.22. The summed E-state index contributed by atoms with van der Waals surface area (Å²) in [5.74, 6) is -3.12. The molecule has 152 valence electrons. The third-order valence-corrected chi connectivity index (χ3v) is 7.20. The van der Waals surface area contributed by atoms with Crippen LogP contribution in [0.3, 0.4) is 0 Å². The van der Waals surface area contributed by atoms with Crippen LogP contribution in [0.15, 0.2) is 57.1 Å². The fourth-order valence-electron chi connectivity index (χ4n) is 5.40. The van der Waals surface area contributed by atoms with Crippen molar-refractivity contribution in [3.8, 4) is 5.75 Å². The largest absolute Gasteiger partial charge is 0.508 e. The number of rotatable bonds is 1. The first-order valence-electron chi connectivity index (χ1n) is 9.81. The minimum absolute atomic E-state index is 0.0113. The summed E-state index contributed by atoms with van der Waals surface area (Å²) in [6.07, 6.45) is 3.90. The van der Waals surface area contributed by atoms with Crippen molar-refractivity contribution in [3.05, 3.63) is 62.7 Å². The lowest BCUT2D eigenvalue weighted by Gasteiger charge is -2.42. The number of allylic oxidation sites excluding steroid dienone is 6. The second kappa shape index (κ2) is 6.60. The number of Topliss-reactive ketones (excluding diaryl/α,β-unsaturated/α-hetero) is 1. The molecule has 0 radical (unpaired) electrons. The van der Waals surface area contributed by atoms with Crippen LogP contribution in [-0.4, -0.2) is 28.5 Å². The van der Waals surface area contributed by atoms with E-state index in [2.05, 4.69) is 21.2 Å². The second-order valence-electron chi connectivity index (χ2n) is 8.29. The molecule has 3 aliphatic carbocycles. The molecule has 2 amide bonds. The maximum atomic E-state index is 13.0. The van der Waals surface area contributed by atoms with Gasteiger partial charge in [0, 0.05) is 32.7 Å². The fraction of sp³-hybridized carbons (Fsp3) is 0.304. The van der Waals surface area contributed by atoms with E-state index >= 15 is 0 Å². The van der Waals surface area contributed by atoms with Crippen LogP contribution >= 0.6 is 15.9 Å². The first-order chi connectivity index (χ1) is 14.3. The van der Waals surface area contributed by atoms with E-state index in [1.54, 1.807) is 19.1 Å². The number of fused-ring (bicyclic) bond motifs is 3. The van der Waals surface area contributed by atoms with Crippen LogP contribution in [0.2, 0.25) is 0 Å². The van der Waals surface area contributed by atoms with Crippen LogP contribution in [-0.2, 0) is 19.2 Å². The van der Waals surface area contributed by atoms with Crippen LogP contribution in [0.4, 0.5) is 0 Å². The van der Waals surface area contributed by atoms with Crippen molar-refractivity contribution < 1.29 is 24.3 Å². The molecule has 1 aliphatic heterocycles. The van der Waals surface area contributed by atoms with Crippen molar-refractivity contribution >= 4 is 39.3 Å². The Balaban J connectivity index is 1.75. The smallest absolute Gasteiger partial charge is 0.231 e. The van der Waals surface area contributed by atoms with Crippen molar-refractivity contribution in [2.45, 2.75) is 25.7 Å². The topological polar surface area (TPSA) is 101 Å². The summed E-state index contributed by atoms with van der Waals surface area (Å²) < 4.78 is 0.726. The highest BCUT2D eigenvalue weighted by atomic mass is 79.9. The molecular weight excluding hydrogens is 450 g/mol. The molecule has 4 unspecified atom stereocenters. The monoisotopic (exact) mass is 467 g/mol. The zero-order chi connectivity index (χ0) is 21.3. The molecule has 0 saturated carbocycles. The van der Waals surface area contributed by atoms with E-state index in [1.165, 1.54) is 12.1 Å². The van der Waals surface area contributed by atoms with E-state index in [0.717, 1.165) is 10.0 Å². The van der Waals surface area contributed by atoms with Gasteiger partial charge in [-0.2, -0.15) is 0 Å². The van der Waals surface area contributed by atoms with Gasteiger partial charge in [0.25, 0.3) is 0 Å². The summed E-state index contributed by atoms with van der Waals surface area (Å²) in [7, 11) is 0. The summed E-state index contributed by atoms with van der Waals surface area (Å²) in [6.45, 7) is 1.61. The molecule has 4 atom stereocenters. The van der Waals surface area contributed by atoms with Gasteiger partial charge >= 0.3 is 0 Å². The number of phenols is 1. The van der Waals surface area contributed by atoms with Crippen molar-refractivity contribution in [2.75, 3.05) is 0 Å². The lowest BCUT2D eigenvalue weighted by Crippen LogP contribution is -2.39. The Bertz CT molecular complexity index is 1160. The molecule has 0 bridgehead atoms. The predicted molar refractivity (Wildman–Crippen MR) is 110 cm³/mol. The van der Waals surface area contributed by atoms with Gasteiger partial charge in [-0.3, -0.25) is 24.5 Å². The van der Waals surface area contributed by atoms with Gasteiger partial charge in [-0.15, -0.1) is 0 Å². The third-order valence-electron chi connectivity index (χ3n) is 6.71. The Morgan fingerprint density at radius 1 is 1.10 bits per heavy atom. The number of nitrogens with one attached hydrogen (secondary N) is 1. The maximum Gasteiger partial charge on any atom is 0.231 e. The van der Waals surface area contributed by atoms with Gasteiger partial charge in [0.2, 0.25) is 11.8 Å². The number of benzene rings is 1. The maximum absolute atomic E-state index is 13.0. The number of carbonyl (C=O) groups is 4. The van der Waals surface area contributed by atoms with E-state index in [4.69, 9.17) is 0 Å². The summed E-state index contributed by atoms with van der Waals surface area (Å²) in [5, 5.41) is 13.1. The molecule has 1 aromatic carbocycles. The Hall–Kier alpha value is -2.80. The standard InChI is InChI=1S/C23H18BrNO5/c1-9-6-17(27)20-15(21(9)28)8-13-11(3-4-12-19(13)23(30)25-22(12)29)18(20)14-7-10(24)2-5-16(14)26/h2-3,5-7,12-13,18-19,26H,4,8H2,1H3,(H,25,29,30). The number of hydrogen-bond acceptors (Lipinski definition) is 5. The average molecular weight is 468 g/mol. The summed E-state index contributed by atoms with van der Waals surface area (Å²) in [6, 6.07) is 4.97. The molecule has 1 heterocycles. The summed E-state index contributed by atoms with van der Waals surface area (Å²) in [4.78, 5) is 50.9. The van der Waals surface area contributed by atoms with Gasteiger partial charge in [0.05, 0.1) is 11.8 Å². The lowest BCUT2D eigenvalue weighted by molar-refractivity contribution is -0.126. The van der Waals surface area contributed by atoms with Crippen LogP contribution in [0.1, 0.15) is 31.2 Å². The minimum Gasteiger partial charge on any atom is -0.508 e. The Labute approximate surface area is 180 Å². The number of halogens is 1.